The lowest BCUT2D eigenvalue weighted by molar-refractivity contribution is -0.383. The zero-order valence-electron chi connectivity index (χ0n) is 16.9. The van der Waals surface area contributed by atoms with Gasteiger partial charge in [-0.05, 0) is 36.8 Å². The van der Waals surface area contributed by atoms with Crippen LogP contribution in [-0.2, 0) is 0 Å². The largest absolute Gasteiger partial charge is 0.497 e. The van der Waals surface area contributed by atoms with Gasteiger partial charge in [-0.3, -0.25) is 10.1 Å². The van der Waals surface area contributed by atoms with E-state index in [9.17, 15) is 10.1 Å². The third-order valence-electron chi connectivity index (χ3n) is 4.27. The van der Waals surface area contributed by atoms with Gasteiger partial charge in [0.1, 0.15) is 23.6 Å². The van der Waals surface area contributed by atoms with Crippen molar-refractivity contribution < 1.29 is 19.1 Å². The molecule has 0 unspecified atom stereocenters. The minimum atomic E-state index is -0.553. The van der Waals surface area contributed by atoms with Crippen LogP contribution in [0.4, 0.5) is 28.7 Å². The molecule has 0 saturated heterocycles. The van der Waals surface area contributed by atoms with Gasteiger partial charge >= 0.3 is 5.69 Å². The van der Waals surface area contributed by atoms with Crippen LogP contribution in [0.1, 0.15) is 5.56 Å². The van der Waals surface area contributed by atoms with Gasteiger partial charge in [0.05, 0.1) is 37.6 Å². The predicted octanol–water partition coefficient (Wildman–Crippen LogP) is 4.21. The van der Waals surface area contributed by atoms with Crippen molar-refractivity contribution >= 4 is 28.7 Å². The fraction of sp³-hybridized carbons (Fsp3) is 0.200. The number of nitrogens with one attached hydrogen (secondary N) is 2. The van der Waals surface area contributed by atoms with Crippen LogP contribution in [0, 0.1) is 17.0 Å². The molecule has 10 nitrogen and oxygen atoms in total. The molecule has 3 rings (SSSR count). The van der Waals surface area contributed by atoms with Gasteiger partial charge in [0.2, 0.25) is 11.6 Å². The Morgan fingerprint density at radius 3 is 2.13 bits per heavy atom. The summed E-state index contributed by atoms with van der Waals surface area (Å²) in [4.78, 5) is 19.4. The highest BCUT2D eigenvalue weighted by atomic mass is 16.6. The molecule has 30 heavy (non-hydrogen) atoms. The second-order valence-corrected chi connectivity index (χ2v) is 6.20. The summed E-state index contributed by atoms with van der Waals surface area (Å²) < 4.78 is 15.9. The number of methoxy groups -OCH3 is 3. The number of nitro groups is 1. The van der Waals surface area contributed by atoms with Crippen molar-refractivity contribution in [2.24, 2.45) is 0 Å². The number of anilines is 4. The fourth-order valence-electron chi connectivity index (χ4n) is 2.81. The Morgan fingerprint density at radius 2 is 1.53 bits per heavy atom. The van der Waals surface area contributed by atoms with E-state index in [-0.39, 0.29) is 17.3 Å². The molecule has 3 aromatic rings. The van der Waals surface area contributed by atoms with E-state index in [1.54, 1.807) is 24.3 Å². The molecule has 0 bridgehead atoms. The summed E-state index contributed by atoms with van der Waals surface area (Å²) in [5.74, 6) is 1.59. The van der Waals surface area contributed by atoms with Crippen molar-refractivity contribution in [1.29, 1.82) is 0 Å². The molecule has 0 amide bonds. The highest BCUT2D eigenvalue weighted by Gasteiger charge is 2.25. The molecule has 0 atom stereocenters. The Balaban J connectivity index is 2.02. The molecule has 0 saturated carbocycles. The van der Waals surface area contributed by atoms with E-state index in [1.165, 1.54) is 27.7 Å². The van der Waals surface area contributed by atoms with E-state index in [2.05, 4.69) is 20.6 Å². The van der Waals surface area contributed by atoms with Crippen molar-refractivity contribution in [2.45, 2.75) is 6.92 Å². The standard InChI is InChI=1S/C20H21N5O5/c1-12-5-8-16(29-3)15(9-12)24-20-18(25(26)27)19(21-11-22-20)23-14-7-6-13(28-2)10-17(14)30-4/h5-11H,1-4H3,(H2,21,22,23,24). The smallest absolute Gasteiger partial charge is 0.353 e. The van der Waals surface area contributed by atoms with Crippen LogP contribution in [0.15, 0.2) is 42.7 Å². The summed E-state index contributed by atoms with van der Waals surface area (Å²) in [6.07, 6.45) is 1.23. The molecule has 10 heteroatoms. The molecular weight excluding hydrogens is 390 g/mol. The first kappa shape index (κ1) is 20.6. The zero-order valence-corrected chi connectivity index (χ0v) is 16.9. The monoisotopic (exact) mass is 411 g/mol. The van der Waals surface area contributed by atoms with Crippen molar-refractivity contribution in [3.05, 3.63) is 58.4 Å². The molecular formula is C20H21N5O5. The second-order valence-electron chi connectivity index (χ2n) is 6.20. The van der Waals surface area contributed by atoms with Crippen LogP contribution in [0.5, 0.6) is 17.2 Å². The van der Waals surface area contributed by atoms with Crippen LogP contribution >= 0.6 is 0 Å². The van der Waals surface area contributed by atoms with Crippen molar-refractivity contribution in [1.82, 2.24) is 9.97 Å². The van der Waals surface area contributed by atoms with Gasteiger partial charge < -0.3 is 24.8 Å². The maximum Gasteiger partial charge on any atom is 0.353 e. The highest BCUT2D eigenvalue weighted by Crippen LogP contribution is 2.38. The summed E-state index contributed by atoms with van der Waals surface area (Å²) in [6.45, 7) is 1.90. The number of ether oxygens (including phenoxy) is 3. The lowest BCUT2D eigenvalue weighted by Gasteiger charge is -2.14. The van der Waals surface area contributed by atoms with E-state index in [0.717, 1.165) is 5.56 Å². The Morgan fingerprint density at radius 1 is 0.867 bits per heavy atom. The van der Waals surface area contributed by atoms with Crippen molar-refractivity contribution in [3.63, 3.8) is 0 Å². The topological polar surface area (TPSA) is 121 Å². The minimum Gasteiger partial charge on any atom is -0.497 e. The number of nitrogens with zero attached hydrogens (tertiary/aromatic N) is 3. The lowest BCUT2D eigenvalue weighted by atomic mass is 10.2. The van der Waals surface area contributed by atoms with E-state index in [4.69, 9.17) is 14.2 Å². The van der Waals surface area contributed by atoms with Gasteiger partial charge in [0.15, 0.2) is 0 Å². The molecule has 0 spiro atoms. The lowest BCUT2D eigenvalue weighted by Crippen LogP contribution is -2.06. The summed E-state index contributed by atoms with van der Waals surface area (Å²) in [7, 11) is 4.55. The van der Waals surface area contributed by atoms with Gasteiger partial charge in [-0.15, -0.1) is 0 Å². The van der Waals surface area contributed by atoms with Gasteiger partial charge in [0, 0.05) is 6.07 Å². The number of rotatable bonds is 8. The van der Waals surface area contributed by atoms with Gasteiger partial charge in [-0.1, -0.05) is 6.07 Å². The first-order valence-electron chi connectivity index (χ1n) is 8.87. The van der Waals surface area contributed by atoms with Crippen LogP contribution < -0.4 is 24.8 Å². The van der Waals surface area contributed by atoms with E-state index < -0.39 is 4.92 Å². The summed E-state index contributed by atoms with van der Waals surface area (Å²) in [6, 6.07) is 10.5. The average molecular weight is 411 g/mol. The third kappa shape index (κ3) is 4.32. The Labute approximate surface area is 173 Å². The quantitative estimate of drug-likeness (QED) is 0.415. The number of aromatic nitrogens is 2. The molecule has 0 fully saturated rings. The highest BCUT2D eigenvalue weighted by molar-refractivity contribution is 5.79. The SMILES string of the molecule is COc1ccc(Nc2ncnc(Nc3cc(C)ccc3OC)c2[N+](=O)[O-])c(OC)c1. The van der Waals surface area contributed by atoms with Crippen LogP contribution in [0.25, 0.3) is 0 Å². The minimum absolute atomic E-state index is 0.00702. The predicted molar refractivity (Wildman–Crippen MR) is 113 cm³/mol. The molecule has 156 valence electrons. The number of hydrogen-bond acceptors (Lipinski definition) is 9. The van der Waals surface area contributed by atoms with Crippen LogP contribution in [0.2, 0.25) is 0 Å². The van der Waals surface area contributed by atoms with Gasteiger partial charge in [-0.25, -0.2) is 9.97 Å². The van der Waals surface area contributed by atoms with Gasteiger partial charge in [-0.2, -0.15) is 0 Å². The molecule has 0 aliphatic rings. The van der Waals surface area contributed by atoms with Crippen molar-refractivity contribution in [3.8, 4) is 17.2 Å². The number of aryl methyl sites for hydroxylation is 1. The summed E-state index contributed by atoms with van der Waals surface area (Å²) in [5, 5.41) is 17.8. The number of hydrogen-bond donors (Lipinski definition) is 2. The second kappa shape index (κ2) is 8.95. The van der Waals surface area contributed by atoms with Gasteiger partial charge in [0.25, 0.3) is 0 Å². The molecule has 1 aromatic heterocycles. The maximum atomic E-state index is 11.9. The zero-order chi connectivity index (χ0) is 21.7. The third-order valence-corrected chi connectivity index (χ3v) is 4.27. The average Bonchev–Trinajstić information content (AvgIpc) is 2.74. The first-order valence-corrected chi connectivity index (χ1v) is 8.87. The van der Waals surface area contributed by atoms with E-state index >= 15 is 0 Å². The number of benzene rings is 2. The first-order chi connectivity index (χ1) is 14.5. The van der Waals surface area contributed by atoms with Crippen LogP contribution in [0.3, 0.4) is 0 Å². The van der Waals surface area contributed by atoms with Crippen molar-refractivity contribution in [2.75, 3.05) is 32.0 Å². The summed E-state index contributed by atoms with van der Waals surface area (Å²) >= 11 is 0. The molecule has 2 aromatic carbocycles. The molecule has 0 radical (unpaired) electrons. The maximum absolute atomic E-state index is 11.9. The Hall–Kier alpha value is -4.08. The van der Waals surface area contributed by atoms with E-state index in [1.807, 2.05) is 19.1 Å². The summed E-state index contributed by atoms with van der Waals surface area (Å²) in [5.41, 5.74) is 1.67. The molecule has 0 aliphatic carbocycles. The van der Waals surface area contributed by atoms with Crippen LogP contribution in [-0.4, -0.2) is 36.2 Å². The Bertz CT molecular complexity index is 1070. The fourth-order valence-corrected chi connectivity index (χ4v) is 2.81. The normalized spacial score (nSPS) is 10.3. The van der Waals surface area contributed by atoms with E-state index in [0.29, 0.717) is 28.6 Å². The molecule has 0 aliphatic heterocycles. The Kier molecular flexibility index (Phi) is 6.16. The molecule has 1 heterocycles. The molecule has 2 N–H and O–H groups in total.